The summed E-state index contributed by atoms with van der Waals surface area (Å²) in [6.45, 7) is 37.6. The summed E-state index contributed by atoms with van der Waals surface area (Å²) in [5.41, 5.74) is 9.63. The maximum absolute atomic E-state index is 7.59. The van der Waals surface area contributed by atoms with Crippen molar-refractivity contribution in [3.63, 3.8) is 0 Å². The maximum Gasteiger partial charge on any atom is 0.190 e. The van der Waals surface area contributed by atoms with E-state index in [1.807, 2.05) is 64.1 Å². The SMILES string of the molecule is [C-]#[N+]c1ccc(-c2c(SOSc3ccc([N+]#[C-])c(C)c3-c3ccc([N+]#[C-])cc3C)ccc([N+]#[C-])c2C)c(C)c1. The molecule has 0 aromatic heterocycles. The highest BCUT2D eigenvalue weighted by molar-refractivity contribution is 8.08. The fraction of sp³-hybridized carbons (Fsp3) is 0.125. The summed E-state index contributed by atoms with van der Waals surface area (Å²) < 4.78 is 6.14. The van der Waals surface area contributed by atoms with Crippen molar-refractivity contribution in [2.75, 3.05) is 0 Å². The molecular weight excluding hydrogens is 521 g/mol. The second-order valence-corrected chi connectivity index (χ2v) is 10.6. The molecule has 0 aliphatic rings. The molecule has 0 unspecified atom stereocenters. The third-order valence-electron chi connectivity index (χ3n) is 6.50. The highest BCUT2D eigenvalue weighted by atomic mass is 32.2. The predicted molar refractivity (Wildman–Crippen MR) is 161 cm³/mol. The van der Waals surface area contributed by atoms with Crippen LogP contribution in [-0.2, 0) is 3.63 Å². The van der Waals surface area contributed by atoms with Gasteiger partial charge in [0, 0.05) is 33.9 Å². The van der Waals surface area contributed by atoms with Crippen LogP contribution in [-0.4, -0.2) is 0 Å². The van der Waals surface area contributed by atoms with Crippen LogP contribution in [0.1, 0.15) is 22.3 Å². The molecule has 4 rings (SSSR count). The monoisotopic (exact) mass is 542 g/mol. The summed E-state index contributed by atoms with van der Waals surface area (Å²) in [5, 5.41) is 0. The largest absolute Gasteiger partial charge is 0.238 e. The molecule has 39 heavy (non-hydrogen) atoms. The van der Waals surface area contributed by atoms with Crippen molar-refractivity contribution < 1.29 is 3.63 Å². The molecule has 0 amide bonds. The van der Waals surface area contributed by atoms with Crippen molar-refractivity contribution in [3.05, 3.63) is 129 Å². The molecule has 0 radical (unpaired) electrons. The molecule has 0 aliphatic carbocycles. The number of aryl methyl sites for hydroxylation is 2. The zero-order valence-corrected chi connectivity index (χ0v) is 23.4. The molecule has 5 nitrogen and oxygen atoms in total. The fourth-order valence-electron chi connectivity index (χ4n) is 4.49. The van der Waals surface area contributed by atoms with Gasteiger partial charge in [-0.05, 0) is 61.1 Å². The van der Waals surface area contributed by atoms with E-state index >= 15 is 0 Å². The smallest absolute Gasteiger partial charge is 0.190 e. The molecule has 0 fully saturated rings. The summed E-state index contributed by atoms with van der Waals surface area (Å²) in [6, 6.07) is 18.5. The Balaban J connectivity index is 1.72. The van der Waals surface area contributed by atoms with Crippen molar-refractivity contribution in [2.24, 2.45) is 0 Å². The van der Waals surface area contributed by atoms with Gasteiger partial charge in [-0.1, -0.05) is 71.8 Å². The molecular formula is C32H22N4OS2. The van der Waals surface area contributed by atoms with Gasteiger partial charge in [0.15, 0.2) is 22.7 Å². The Hall–Kier alpha value is -4.50. The van der Waals surface area contributed by atoms with Gasteiger partial charge in [-0.3, -0.25) is 0 Å². The second-order valence-electron chi connectivity index (χ2n) is 8.85. The van der Waals surface area contributed by atoms with E-state index in [4.69, 9.17) is 29.9 Å². The van der Waals surface area contributed by atoms with Crippen LogP contribution in [0.5, 0.6) is 0 Å². The van der Waals surface area contributed by atoms with Crippen molar-refractivity contribution in [3.8, 4) is 22.3 Å². The van der Waals surface area contributed by atoms with Crippen LogP contribution in [0.3, 0.4) is 0 Å². The molecule has 0 saturated heterocycles. The molecule has 0 saturated carbocycles. The quantitative estimate of drug-likeness (QED) is 0.179. The first-order valence-corrected chi connectivity index (χ1v) is 13.3. The van der Waals surface area contributed by atoms with Crippen molar-refractivity contribution >= 4 is 46.8 Å². The van der Waals surface area contributed by atoms with Gasteiger partial charge in [0.2, 0.25) is 0 Å². The van der Waals surface area contributed by atoms with Gasteiger partial charge in [-0.25, -0.2) is 23.0 Å². The van der Waals surface area contributed by atoms with E-state index in [0.29, 0.717) is 22.7 Å². The Bertz CT molecular complexity index is 1650. The minimum atomic E-state index is 0.571. The minimum absolute atomic E-state index is 0.571. The summed E-state index contributed by atoms with van der Waals surface area (Å²) in [6.07, 6.45) is 0. The third kappa shape index (κ3) is 5.53. The number of nitrogens with zero attached hydrogens (tertiary/aromatic N) is 4. The van der Waals surface area contributed by atoms with Crippen molar-refractivity contribution in [1.82, 2.24) is 0 Å². The highest BCUT2D eigenvalue weighted by Gasteiger charge is 2.18. The lowest BCUT2D eigenvalue weighted by molar-refractivity contribution is 0.757. The van der Waals surface area contributed by atoms with E-state index < -0.39 is 0 Å². The van der Waals surface area contributed by atoms with E-state index in [-0.39, 0.29) is 0 Å². The fourth-order valence-corrected chi connectivity index (χ4v) is 6.15. The minimum Gasteiger partial charge on any atom is -0.238 e. The van der Waals surface area contributed by atoms with Gasteiger partial charge in [-0.2, -0.15) is 0 Å². The maximum atomic E-state index is 7.59. The number of hydrogen-bond acceptors (Lipinski definition) is 3. The van der Waals surface area contributed by atoms with Crippen molar-refractivity contribution in [2.45, 2.75) is 37.5 Å². The summed E-state index contributed by atoms with van der Waals surface area (Å²) in [4.78, 5) is 16.2. The second kappa shape index (κ2) is 11.9. The van der Waals surface area contributed by atoms with Gasteiger partial charge in [0.25, 0.3) is 0 Å². The summed E-state index contributed by atoms with van der Waals surface area (Å²) in [5.74, 6) is 0. The van der Waals surface area contributed by atoms with Crippen LogP contribution < -0.4 is 0 Å². The predicted octanol–water partition coefficient (Wildman–Crippen LogP) is 11.2. The Morgan fingerprint density at radius 3 is 1.28 bits per heavy atom. The summed E-state index contributed by atoms with van der Waals surface area (Å²) >= 11 is 2.44. The van der Waals surface area contributed by atoms with Gasteiger partial charge < -0.3 is 0 Å². The van der Waals surface area contributed by atoms with Gasteiger partial charge in [0.05, 0.1) is 26.3 Å². The number of rotatable bonds is 6. The van der Waals surface area contributed by atoms with Crippen LogP contribution in [0.25, 0.3) is 41.6 Å². The number of hydrogen-bond donors (Lipinski definition) is 0. The molecule has 0 heterocycles. The van der Waals surface area contributed by atoms with E-state index in [1.165, 1.54) is 24.1 Å². The van der Waals surface area contributed by atoms with Crippen LogP contribution in [0.2, 0.25) is 0 Å². The molecule has 0 bridgehead atoms. The third-order valence-corrected chi connectivity index (χ3v) is 8.09. The van der Waals surface area contributed by atoms with E-state index in [1.54, 1.807) is 24.3 Å². The first-order chi connectivity index (χ1) is 18.8. The summed E-state index contributed by atoms with van der Waals surface area (Å²) in [7, 11) is 0. The van der Waals surface area contributed by atoms with E-state index in [9.17, 15) is 0 Å². The molecule has 4 aromatic rings. The van der Waals surface area contributed by atoms with Gasteiger partial charge in [-0.15, -0.1) is 0 Å². The highest BCUT2D eigenvalue weighted by Crippen LogP contribution is 2.46. The van der Waals surface area contributed by atoms with E-state index in [0.717, 1.165) is 54.3 Å². The average molecular weight is 543 g/mol. The Morgan fingerprint density at radius 1 is 0.538 bits per heavy atom. The molecule has 7 heteroatoms. The van der Waals surface area contributed by atoms with Gasteiger partial charge in [0.1, 0.15) is 0 Å². The zero-order chi connectivity index (χ0) is 28.1. The lowest BCUT2D eigenvalue weighted by atomic mass is 9.95. The topological polar surface area (TPSA) is 26.7 Å². The first kappa shape index (κ1) is 27.5. The molecule has 0 aliphatic heterocycles. The van der Waals surface area contributed by atoms with E-state index in [2.05, 4.69) is 19.4 Å². The normalized spacial score (nSPS) is 10.3. The van der Waals surface area contributed by atoms with Crippen LogP contribution >= 0.6 is 24.1 Å². The first-order valence-electron chi connectivity index (χ1n) is 11.8. The lowest BCUT2D eigenvalue weighted by Gasteiger charge is -2.17. The zero-order valence-electron chi connectivity index (χ0n) is 21.8. The Morgan fingerprint density at radius 2 is 0.949 bits per heavy atom. The molecule has 0 N–H and O–H groups in total. The Labute approximate surface area is 238 Å². The standard InChI is InChI=1S/C32H22N4OS2/c1-19-17-23(33-5)9-11-25(19)31-21(3)27(35-7)13-15-29(31)38-37-39-30-16-14-28(36-8)22(4)32(30)26-12-10-24(34-6)18-20(26)2/h9-18H,1-4H3. The molecule has 188 valence electrons. The van der Waals surface area contributed by atoms with Crippen molar-refractivity contribution in [1.29, 1.82) is 0 Å². The molecule has 4 aromatic carbocycles. The van der Waals surface area contributed by atoms with Crippen LogP contribution in [0.15, 0.2) is 70.5 Å². The Kier molecular flexibility index (Phi) is 8.41. The van der Waals surface area contributed by atoms with Crippen LogP contribution in [0.4, 0.5) is 22.7 Å². The molecule has 0 atom stereocenters. The molecule has 0 spiro atoms. The van der Waals surface area contributed by atoms with Gasteiger partial charge >= 0.3 is 0 Å². The number of benzene rings is 4. The lowest BCUT2D eigenvalue weighted by Crippen LogP contribution is -1.92. The average Bonchev–Trinajstić information content (AvgIpc) is 2.94. The van der Waals surface area contributed by atoms with Crippen LogP contribution in [0, 0.1) is 54.0 Å².